The molecule has 7 nitrogen and oxygen atoms in total. The number of nitrogens with one attached hydrogen (secondary N) is 2. The molecule has 0 saturated carbocycles. The summed E-state index contributed by atoms with van der Waals surface area (Å²) in [5, 5.41) is 2.92. The van der Waals surface area contributed by atoms with Crippen molar-refractivity contribution in [1.82, 2.24) is 24.8 Å². The second kappa shape index (κ2) is 6.04. The molecule has 0 spiro atoms. The van der Waals surface area contributed by atoms with Gasteiger partial charge in [-0.2, -0.15) is 9.97 Å². The summed E-state index contributed by atoms with van der Waals surface area (Å²) >= 11 is 0. The Kier molecular flexibility index (Phi) is 3.96. The zero-order valence-corrected chi connectivity index (χ0v) is 11.7. The first-order valence-corrected chi connectivity index (χ1v) is 7.11. The fourth-order valence-corrected chi connectivity index (χ4v) is 2.48. The van der Waals surface area contributed by atoms with E-state index < -0.39 is 0 Å². The number of rotatable bonds is 5. The van der Waals surface area contributed by atoms with E-state index in [0.717, 1.165) is 12.1 Å². The smallest absolute Gasteiger partial charge is 0.245 e. The van der Waals surface area contributed by atoms with E-state index in [0.29, 0.717) is 24.1 Å². The number of aromatic nitrogens is 4. The van der Waals surface area contributed by atoms with E-state index in [9.17, 15) is 0 Å². The van der Waals surface area contributed by atoms with Crippen molar-refractivity contribution in [3.05, 3.63) is 6.33 Å². The van der Waals surface area contributed by atoms with Crippen LogP contribution in [0.4, 0.5) is 5.95 Å². The molecular formula is C13H20N6O. The van der Waals surface area contributed by atoms with Gasteiger partial charge < -0.3 is 15.0 Å². The zero-order valence-electron chi connectivity index (χ0n) is 11.7. The van der Waals surface area contributed by atoms with Gasteiger partial charge in [0.2, 0.25) is 11.8 Å². The summed E-state index contributed by atoms with van der Waals surface area (Å²) in [6, 6.07) is 0. The summed E-state index contributed by atoms with van der Waals surface area (Å²) in [4.78, 5) is 18.2. The molecule has 0 radical (unpaired) electrons. The van der Waals surface area contributed by atoms with Gasteiger partial charge in [0.15, 0.2) is 5.65 Å². The molecule has 1 fully saturated rings. The fourth-order valence-electron chi connectivity index (χ4n) is 2.48. The van der Waals surface area contributed by atoms with Gasteiger partial charge in [0.25, 0.3) is 0 Å². The van der Waals surface area contributed by atoms with Crippen LogP contribution in [-0.2, 0) is 0 Å². The molecule has 7 heteroatoms. The summed E-state index contributed by atoms with van der Waals surface area (Å²) in [7, 11) is 1.78. The maximum atomic E-state index is 5.82. The van der Waals surface area contributed by atoms with Crippen LogP contribution in [0.2, 0.25) is 0 Å². The number of H-pyrrole nitrogens is 1. The van der Waals surface area contributed by atoms with Crippen LogP contribution >= 0.6 is 0 Å². The van der Waals surface area contributed by atoms with E-state index in [2.05, 4.69) is 30.2 Å². The van der Waals surface area contributed by atoms with E-state index in [1.165, 1.54) is 32.4 Å². The standard InChI is InChI=1S/C13H20N6O/c1-14-13-17-11-10(15-9-16-11)12(18-13)20-8-7-19-5-3-2-4-6-19/h9H,2-8H2,1H3,(H2,14,15,16,17,18). The number of anilines is 1. The number of imidazole rings is 1. The van der Waals surface area contributed by atoms with Crippen LogP contribution in [0.25, 0.3) is 11.2 Å². The number of likely N-dealkylation sites (tertiary alicyclic amines) is 1. The molecule has 1 aliphatic rings. The quantitative estimate of drug-likeness (QED) is 0.856. The van der Waals surface area contributed by atoms with Crippen LogP contribution in [0.5, 0.6) is 5.88 Å². The topological polar surface area (TPSA) is 79.0 Å². The van der Waals surface area contributed by atoms with Crippen LogP contribution < -0.4 is 10.1 Å². The van der Waals surface area contributed by atoms with Gasteiger partial charge in [0.05, 0.1) is 6.33 Å². The summed E-state index contributed by atoms with van der Waals surface area (Å²) in [6.07, 6.45) is 5.55. The highest BCUT2D eigenvalue weighted by Gasteiger charge is 2.13. The molecule has 0 unspecified atom stereocenters. The van der Waals surface area contributed by atoms with Crippen LogP contribution in [-0.4, -0.2) is 58.1 Å². The summed E-state index contributed by atoms with van der Waals surface area (Å²) < 4.78 is 5.82. The van der Waals surface area contributed by atoms with Gasteiger partial charge in [0, 0.05) is 13.6 Å². The molecule has 0 amide bonds. The second-order valence-corrected chi connectivity index (χ2v) is 4.95. The molecule has 1 saturated heterocycles. The van der Waals surface area contributed by atoms with E-state index >= 15 is 0 Å². The van der Waals surface area contributed by atoms with Gasteiger partial charge in [-0.05, 0) is 25.9 Å². The van der Waals surface area contributed by atoms with Crippen molar-refractivity contribution >= 4 is 17.1 Å². The van der Waals surface area contributed by atoms with Crippen LogP contribution in [0.15, 0.2) is 6.33 Å². The lowest BCUT2D eigenvalue weighted by atomic mass is 10.1. The molecule has 2 N–H and O–H groups in total. The molecule has 0 aromatic carbocycles. The first-order chi connectivity index (χ1) is 9.86. The number of piperidine rings is 1. The minimum atomic E-state index is 0.526. The van der Waals surface area contributed by atoms with E-state index in [1.807, 2.05) is 0 Å². The van der Waals surface area contributed by atoms with Crippen molar-refractivity contribution in [2.45, 2.75) is 19.3 Å². The molecule has 2 aromatic rings. The largest absolute Gasteiger partial charge is 0.475 e. The minimum absolute atomic E-state index is 0.526. The van der Waals surface area contributed by atoms with Crippen molar-refractivity contribution in [3.63, 3.8) is 0 Å². The molecule has 0 atom stereocenters. The fraction of sp³-hybridized carbons (Fsp3) is 0.615. The molecule has 20 heavy (non-hydrogen) atoms. The summed E-state index contributed by atoms with van der Waals surface area (Å²) in [5.41, 5.74) is 1.37. The van der Waals surface area contributed by atoms with Crippen LogP contribution in [0.3, 0.4) is 0 Å². The number of fused-ring (bicyclic) bond motifs is 1. The van der Waals surface area contributed by atoms with Crippen LogP contribution in [0, 0.1) is 0 Å². The van der Waals surface area contributed by atoms with Crippen molar-refractivity contribution in [2.75, 3.05) is 38.6 Å². The Hall–Kier alpha value is -1.89. The van der Waals surface area contributed by atoms with Crippen molar-refractivity contribution in [2.24, 2.45) is 0 Å². The normalized spacial score (nSPS) is 16.4. The third-order valence-electron chi connectivity index (χ3n) is 3.57. The molecule has 1 aliphatic heterocycles. The number of nitrogens with zero attached hydrogens (tertiary/aromatic N) is 4. The average Bonchev–Trinajstić information content (AvgIpc) is 2.96. The Morgan fingerprint density at radius 1 is 1.30 bits per heavy atom. The van der Waals surface area contributed by atoms with Gasteiger partial charge >= 0.3 is 0 Å². The lowest BCUT2D eigenvalue weighted by molar-refractivity contribution is 0.181. The predicted molar refractivity (Wildman–Crippen MR) is 77.0 cm³/mol. The second-order valence-electron chi connectivity index (χ2n) is 4.95. The number of ether oxygens (including phenoxy) is 1. The Morgan fingerprint density at radius 3 is 2.95 bits per heavy atom. The monoisotopic (exact) mass is 276 g/mol. The Bertz CT molecular complexity index is 563. The molecular weight excluding hydrogens is 256 g/mol. The molecule has 2 aromatic heterocycles. The molecule has 3 heterocycles. The minimum Gasteiger partial charge on any atom is -0.475 e. The van der Waals surface area contributed by atoms with Crippen molar-refractivity contribution in [1.29, 1.82) is 0 Å². The van der Waals surface area contributed by atoms with Gasteiger partial charge in [-0.3, -0.25) is 4.90 Å². The van der Waals surface area contributed by atoms with Gasteiger partial charge in [0.1, 0.15) is 12.1 Å². The SMILES string of the molecule is CNc1nc(OCCN2CCCCC2)c2[nH]cnc2n1. The average molecular weight is 276 g/mol. The summed E-state index contributed by atoms with van der Waals surface area (Å²) in [6.45, 7) is 3.92. The Labute approximate surface area is 117 Å². The Morgan fingerprint density at radius 2 is 2.15 bits per heavy atom. The molecule has 0 aliphatic carbocycles. The summed E-state index contributed by atoms with van der Waals surface area (Å²) in [5.74, 6) is 1.09. The van der Waals surface area contributed by atoms with E-state index in [1.54, 1.807) is 13.4 Å². The zero-order chi connectivity index (χ0) is 13.8. The maximum absolute atomic E-state index is 5.82. The highest BCUT2D eigenvalue weighted by Crippen LogP contribution is 2.20. The highest BCUT2D eigenvalue weighted by atomic mass is 16.5. The van der Waals surface area contributed by atoms with Crippen molar-refractivity contribution < 1.29 is 4.74 Å². The predicted octanol–water partition coefficient (Wildman–Crippen LogP) is 1.26. The number of aromatic amines is 1. The van der Waals surface area contributed by atoms with Gasteiger partial charge in [-0.25, -0.2) is 4.98 Å². The third-order valence-corrected chi connectivity index (χ3v) is 3.57. The molecule has 108 valence electrons. The maximum Gasteiger partial charge on any atom is 0.245 e. The molecule has 3 rings (SSSR count). The third kappa shape index (κ3) is 2.82. The number of hydrogen-bond acceptors (Lipinski definition) is 6. The lowest BCUT2D eigenvalue weighted by Crippen LogP contribution is -2.33. The van der Waals surface area contributed by atoms with Gasteiger partial charge in [-0.15, -0.1) is 0 Å². The first-order valence-electron chi connectivity index (χ1n) is 7.11. The van der Waals surface area contributed by atoms with Gasteiger partial charge in [-0.1, -0.05) is 6.42 Å². The number of hydrogen-bond donors (Lipinski definition) is 2. The van der Waals surface area contributed by atoms with E-state index in [4.69, 9.17) is 4.74 Å². The Balaban J connectivity index is 1.65. The first kappa shape index (κ1) is 13.1. The van der Waals surface area contributed by atoms with Crippen LogP contribution in [0.1, 0.15) is 19.3 Å². The molecule has 0 bridgehead atoms. The highest BCUT2D eigenvalue weighted by molar-refractivity contribution is 5.76. The van der Waals surface area contributed by atoms with Crippen molar-refractivity contribution in [3.8, 4) is 5.88 Å². The lowest BCUT2D eigenvalue weighted by Gasteiger charge is -2.26. The van der Waals surface area contributed by atoms with E-state index in [-0.39, 0.29) is 0 Å².